The number of rotatable bonds is 4. The molecular formula is C18H19BrN2O. The summed E-state index contributed by atoms with van der Waals surface area (Å²) in [4.78, 5) is 14.6. The third-order valence-corrected chi connectivity index (χ3v) is 4.73. The van der Waals surface area contributed by atoms with Gasteiger partial charge in [0.25, 0.3) is 0 Å². The van der Waals surface area contributed by atoms with Gasteiger partial charge in [0.05, 0.1) is 12.2 Å². The fourth-order valence-electron chi connectivity index (χ4n) is 3.00. The lowest BCUT2D eigenvalue weighted by Crippen LogP contribution is -2.33. The largest absolute Gasteiger partial charge is 0.324 e. The van der Waals surface area contributed by atoms with E-state index in [1.165, 1.54) is 5.56 Å². The number of carbonyl (C=O) groups excluding carboxylic acids is 1. The molecule has 0 aromatic heterocycles. The molecule has 1 amide bonds. The van der Waals surface area contributed by atoms with Crippen LogP contribution in [0.25, 0.3) is 0 Å². The maximum atomic E-state index is 12.3. The Balaban J connectivity index is 1.65. The molecule has 1 fully saturated rings. The number of carbonyl (C=O) groups is 1. The number of hydrogen-bond acceptors (Lipinski definition) is 2. The molecule has 114 valence electrons. The first-order chi connectivity index (χ1) is 10.7. The molecule has 1 atom stereocenters. The predicted octanol–water partition coefficient (Wildman–Crippen LogP) is 4.22. The normalized spacial score (nSPS) is 18.3. The average molecular weight is 359 g/mol. The van der Waals surface area contributed by atoms with E-state index in [0.717, 1.165) is 29.5 Å². The van der Waals surface area contributed by atoms with Crippen LogP contribution in [0.3, 0.4) is 0 Å². The van der Waals surface area contributed by atoms with Gasteiger partial charge in [-0.25, -0.2) is 0 Å². The zero-order chi connectivity index (χ0) is 15.4. The van der Waals surface area contributed by atoms with Crippen LogP contribution in [0.4, 0.5) is 5.69 Å². The molecule has 0 radical (unpaired) electrons. The standard InChI is InChI=1S/C18H19BrN2O/c19-15-9-4-5-10-16(15)20-18(22)13-21-12-6-11-17(21)14-7-2-1-3-8-14/h1-5,7-10,17H,6,11-13H2,(H,20,22)/t17-/m1/s1. The van der Waals surface area contributed by atoms with Crippen LogP contribution >= 0.6 is 15.9 Å². The van der Waals surface area contributed by atoms with Crippen molar-refractivity contribution in [2.24, 2.45) is 0 Å². The van der Waals surface area contributed by atoms with Crippen molar-refractivity contribution in [1.29, 1.82) is 0 Å². The molecule has 1 heterocycles. The summed E-state index contributed by atoms with van der Waals surface area (Å²) in [6.45, 7) is 1.41. The van der Waals surface area contributed by atoms with Crippen LogP contribution in [0.2, 0.25) is 0 Å². The summed E-state index contributed by atoms with van der Waals surface area (Å²) in [6.07, 6.45) is 2.26. The summed E-state index contributed by atoms with van der Waals surface area (Å²) < 4.78 is 0.907. The summed E-state index contributed by atoms with van der Waals surface area (Å²) in [7, 11) is 0. The first-order valence-corrected chi connectivity index (χ1v) is 8.37. The number of nitrogens with one attached hydrogen (secondary N) is 1. The number of likely N-dealkylation sites (tertiary alicyclic amines) is 1. The van der Waals surface area contributed by atoms with Crippen LogP contribution in [0.5, 0.6) is 0 Å². The van der Waals surface area contributed by atoms with Crippen molar-refractivity contribution < 1.29 is 4.79 Å². The molecule has 0 unspecified atom stereocenters. The molecule has 4 heteroatoms. The van der Waals surface area contributed by atoms with Gasteiger partial charge < -0.3 is 5.32 Å². The number of amides is 1. The Bertz CT molecular complexity index is 645. The lowest BCUT2D eigenvalue weighted by Gasteiger charge is -2.24. The molecule has 3 rings (SSSR count). The third kappa shape index (κ3) is 3.57. The molecule has 0 aliphatic carbocycles. The molecule has 1 aliphatic heterocycles. The van der Waals surface area contributed by atoms with Gasteiger partial charge >= 0.3 is 0 Å². The van der Waals surface area contributed by atoms with E-state index in [9.17, 15) is 4.79 Å². The monoisotopic (exact) mass is 358 g/mol. The van der Waals surface area contributed by atoms with E-state index in [4.69, 9.17) is 0 Å². The van der Waals surface area contributed by atoms with Gasteiger partial charge in [-0.15, -0.1) is 0 Å². The van der Waals surface area contributed by atoms with E-state index >= 15 is 0 Å². The number of para-hydroxylation sites is 1. The lowest BCUT2D eigenvalue weighted by molar-refractivity contribution is -0.117. The topological polar surface area (TPSA) is 32.3 Å². The molecule has 2 aromatic carbocycles. The second-order valence-electron chi connectivity index (χ2n) is 5.57. The SMILES string of the molecule is O=C(CN1CCC[C@@H]1c1ccccc1)Nc1ccccc1Br. The van der Waals surface area contributed by atoms with Crippen molar-refractivity contribution >= 4 is 27.5 Å². The van der Waals surface area contributed by atoms with Gasteiger partial charge in [0.1, 0.15) is 0 Å². The molecule has 1 aliphatic rings. The van der Waals surface area contributed by atoms with Crippen LogP contribution in [0, 0.1) is 0 Å². The summed E-state index contributed by atoms with van der Waals surface area (Å²) >= 11 is 3.46. The Hall–Kier alpha value is -1.65. The highest BCUT2D eigenvalue weighted by Crippen LogP contribution is 2.31. The van der Waals surface area contributed by atoms with Crippen LogP contribution < -0.4 is 5.32 Å². The van der Waals surface area contributed by atoms with Crippen LogP contribution in [-0.4, -0.2) is 23.9 Å². The van der Waals surface area contributed by atoms with Gasteiger partial charge in [0, 0.05) is 10.5 Å². The second-order valence-corrected chi connectivity index (χ2v) is 6.42. The van der Waals surface area contributed by atoms with Crippen molar-refractivity contribution in [3.63, 3.8) is 0 Å². The van der Waals surface area contributed by atoms with Gasteiger partial charge in [-0.05, 0) is 53.0 Å². The number of anilines is 1. The zero-order valence-corrected chi connectivity index (χ0v) is 13.9. The van der Waals surface area contributed by atoms with Gasteiger partial charge in [0.15, 0.2) is 0 Å². The molecule has 1 N–H and O–H groups in total. The predicted molar refractivity (Wildman–Crippen MR) is 92.8 cm³/mol. The molecular weight excluding hydrogens is 340 g/mol. The number of hydrogen-bond donors (Lipinski definition) is 1. The van der Waals surface area contributed by atoms with Crippen LogP contribution in [0.1, 0.15) is 24.4 Å². The van der Waals surface area contributed by atoms with Crippen molar-refractivity contribution in [1.82, 2.24) is 4.90 Å². The molecule has 2 aromatic rings. The van der Waals surface area contributed by atoms with E-state index in [-0.39, 0.29) is 5.91 Å². The first kappa shape index (κ1) is 15.3. The van der Waals surface area contributed by atoms with E-state index in [1.54, 1.807) is 0 Å². The summed E-state index contributed by atoms with van der Waals surface area (Å²) in [5, 5.41) is 2.98. The average Bonchev–Trinajstić information content (AvgIpc) is 2.98. The maximum Gasteiger partial charge on any atom is 0.238 e. The van der Waals surface area contributed by atoms with E-state index in [0.29, 0.717) is 12.6 Å². The minimum Gasteiger partial charge on any atom is -0.324 e. The molecule has 0 saturated carbocycles. The maximum absolute atomic E-state index is 12.3. The summed E-state index contributed by atoms with van der Waals surface area (Å²) in [5.41, 5.74) is 2.12. The fourth-order valence-corrected chi connectivity index (χ4v) is 3.39. The Morgan fingerprint density at radius 2 is 1.86 bits per heavy atom. The highest BCUT2D eigenvalue weighted by Gasteiger charge is 2.27. The number of nitrogens with zero attached hydrogens (tertiary/aromatic N) is 1. The lowest BCUT2D eigenvalue weighted by atomic mass is 10.0. The minimum absolute atomic E-state index is 0.0368. The smallest absolute Gasteiger partial charge is 0.238 e. The van der Waals surface area contributed by atoms with Crippen LogP contribution in [0.15, 0.2) is 59.1 Å². The first-order valence-electron chi connectivity index (χ1n) is 7.57. The van der Waals surface area contributed by atoms with Crippen molar-refractivity contribution in [3.05, 3.63) is 64.6 Å². The van der Waals surface area contributed by atoms with E-state index < -0.39 is 0 Å². The van der Waals surface area contributed by atoms with Crippen LogP contribution in [-0.2, 0) is 4.79 Å². The van der Waals surface area contributed by atoms with Crippen molar-refractivity contribution in [2.45, 2.75) is 18.9 Å². The quantitative estimate of drug-likeness (QED) is 0.886. The van der Waals surface area contributed by atoms with Gasteiger partial charge in [0.2, 0.25) is 5.91 Å². The third-order valence-electron chi connectivity index (χ3n) is 4.04. The molecule has 0 bridgehead atoms. The van der Waals surface area contributed by atoms with Gasteiger partial charge in [-0.3, -0.25) is 9.69 Å². The van der Waals surface area contributed by atoms with Crippen molar-refractivity contribution in [3.8, 4) is 0 Å². The Kier molecular flexibility index (Phi) is 4.90. The molecule has 3 nitrogen and oxygen atoms in total. The summed E-state index contributed by atoms with van der Waals surface area (Å²) in [6, 6.07) is 18.5. The Labute approximate surface area is 139 Å². The highest BCUT2D eigenvalue weighted by molar-refractivity contribution is 9.10. The highest BCUT2D eigenvalue weighted by atomic mass is 79.9. The van der Waals surface area contributed by atoms with Gasteiger partial charge in [-0.2, -0.15) is 0 Å². The molecule has 0 spiro atoms. The second kappa shape index (κ2) is 7.07. The van der Waals surface area contributed by atoms with Gasteiger partial charge in [-0.1, -0.05) is 42.5 Å². The van der Waals surface area contributed by atoms with Crippen molar-refractivity contribution in [2.75, 3.05) is 18.4 Å². The number of halogens is 1. The molecule has 1 saturated heterocycles. The minimum atomic E-state index is 0.0368. The fraction of sp³-hybridized carbons (Fsp3) is 0.278. The zero-order valence-electron chi connectivity index (χ0n) is 12.3. The van der Waals surface area contributed by atoms with E-state index in [1.807, 2.05) is 30.3 Å². The number of benzene rings is 2. The molecule has 22 heavy (non-hydrogen) atoms. The Morgan fingerprint density at radius 1 is 1.14 bits per heavy atom. The summed E-state index contributed by atoms with van der Waals surface area (Å²) in [5.74, 6) is 0.0368. The Morgan fingerprint density at radius 3 is 2.64 bits per heavy atom. The van der Waals surface area contributed by atoms with E-state index in [2.05, 4.69) is 50.4 Å².